The lowest BCUT2D eigenvalue weighted by Crippen LogP contribution is -2.05. The summed E-state index contributed by atoms with van der Waals surface area (Å²) in [5.74, 6) is 0.937. The van der Waals surface area contributed by atoms with Crippen molar-refractivity contribution in [2.24, 2.45) is 0 Å². The molecule has 0 amide bonds. The number of halogens is 1. The van der Waals surface area contributed by atoms with Crippen LogP contribution in [0.1, 0.15) is 22.3 Å². The number of Topliss-reactive ketones (excluding diaryl/α,β-unsaturated/α-hetero) is 1. The van der Waals surface area contributed by atoms with Crippen LogP contribution in [-0.4, -0.2) is 18.3 Å². The van der Waals surface area contributed by atoms with Crippen LogP contribution in [0.3, 0.4) is 0 Å². The second-order valence-electron chi connectivity index (χ2n) is 3.46. The van der Waals surface area contributed by atoms with Gasteiger partial charge in [-0.25, -0.2) is 0 Å². The fraction of sp³-hybridized carbons (Fsp3) is 0.308. The third-order valence-electron chi connectivity index (χ3n) is 2.11. The molecule has 0 atom stereocenters. The van der Waals surface area contributed by atoms with E-state index in [1.54, 1.807) is 12.1 Å². The number of hydrogen-bond donors (Lipinski definition) is 0. The van der Waals surface area contributed by atoms with Gasteiger partial charge in [0.15, 0.2) is 5.78 Å². The normalized spacial score (nSPS) is 9.88. The third kappa shape index (κ3) is 3.38. The van der Waals surface area contributed by atoms with Crippen LogP contribution in [0, 0.1) is 6.92 Å². The first-order valence-corrected chi connectivity index (χ1v) is 5.66. The number of rotatable bonds is 6. The molecule has 0 radical (unpaired) electrons. The Morgan fingerprint density at radius 3 is 2.94 bits per heavy atom. The molecular weight excluding hydrogens is 224 g/mol. The lowest BCUT2D eigenvalue weighted by Gasteiger charge is -2.09. The Labute approximate surface area is 101 Å². The number of ketones is 1. The number of hydrogen-bond acceptors (Lipinski definition) is 2. The van der Waals surface area contributed by atoms with Gasteiger partial charge in [-0.1, -0.05) is 24.3 Å². The van der Waals surface area contributed by atoms with Crippen molar-refractivity contribution in [2.75, 3.05) is 12.5 Å². The highest BCUT2D eigenvalue weighted by Gasteiger charge is 2.11. The molecule has 1 rings (SSSR count). The average molecular weight is 239 g/mol. The fourth-order valence-corrected chi connectivity index (χ4v) is 1.53. The first kappa shape index (κ1) is 12.8. The van der Waals surface area contributed by atoms with Gasteiger partial charge in [-0.15, -0.1) is 11.6 Å². The topological polar surface area (TPSA) is 26.3 Å². The molecule has 2 nitrogen and oxygen atoms in total. The van der Waals surface area contributed by atoms with Crippen LogP contribution in [-0.2, 0) is 0 Å². The molecule has 0 aromatic heterocycles. The van der Waals surface area contributed by atoms with E-state index < -0.39 is 0 Å². The molecule has 3 heteroatoms. The lowest BCUT2D eigenvalue weighted by molar-refractivity contribution is 0.0985. The van der Waals surface area contributed by atoms with Crippen molar-refractivity contribution in [3.8, 4) is 5.75 Å². The Kier molecular flexibility index (Phi) is 5.06. The number of ether oxygens (including phenoxy) is 1. The van der Waals surface area contributed by atoms with E-state index in [0.717, 1.165) is 5.56 Å². The highest BCUT2D eigenvalue weighted by Crippen LogP contribution is 2.21. The molecule has 0 spiro atoms. The Bertz CT molecular complexity index is 386. The number of carbonyl (C=O) groups excluding carboxylic acids is 1. The van der Waals surface area contributed by atoms with Crippen LogP contribution in [0.4, 0.5) is 0 Å². The number of benzene rings is 1. The van der Waals surface area contributed by atoms with Crippen molar-refractivity contribution in [3.63, 3.8) is 0 Å². The number of carbonyl (C=O) groups is 1. The molecule has 0 aliphatic carbocycles. The third-order valence-corrected chi connectivity index (χ3v) is 2.30. The zero-order valence-electron chi connectivity index (χ0n) is 9.33. The molecule has 0 saturated heterocycles. The molecular formula is C13H15ClO2. The van der Waals surface area contributed by atoms with Crippen LogP contribution in [0.2, 0.25) is 0 Å². The van der Waals surface area contributed by atoms with Gasteiger partial charge >= 0.3 is 0 Å². The van der Waals surface area contributed by atoms with Crippen molar-refractivity contribution in [1.29, 1.82) is 0 Å². The molecule has 0 heterocycles. The predicted molar refractivity (Wildman–Crippen MR) is 66.5 cm³/mol. The van der Waals surface area contributed by atoms with E-state index >= 15 is 0 Å². The molecule has 1 aromatic rings. The smallest absolute Gasteiger partial charge is 0.167 e. The summed E-state index contributed by atoms with van der Waals surface area (Å²) >= 11 is 5.56. The zero-order chi connectivity index (χ0) is 12.0. The first-order valence-electron chi connectivity index (χ1n) is 5.12. The van der Waals surface area contributed by atoms with Crippen LogP contribution < -0.4 is 4.74 Å². The lowest BCUT2D eigenvalue weighted by atomic mass is 10.1. The van der Waals surface area contributed by atoms with Crippen LogP contribution in [0.5, 0.6) is 5.75 Å². The van der Waals surface area contributed by atoms with Crippen LogP contribution in [0.25, 0.3) is 0 Å². The molecule has 0 N–H and O–H groups in total. The minimum Gasteiger partial charge on any atom is -0.489 e. The molecule has 1 aromatic carbocycles. The van der Waals surface area contributed by atoms with E-state index in [1.165, 1.54) is 0 Å². The van der Waals surface area contributed by atoms with Gasteiger partial charge in [0.25, 0.3) is 0 Å². The van der Waals surface area contributed by atoms with Crippen molar-refractivity contribution in [3.05, 3.63) is 42.0 Å². The molecule has 0 aliphatic heterocycles. The summed E-state index contributed by atoms with van der Waals surface area (Å²) < 4.78 is 5.43. The van der Waals surface area contributed by atoms with Crippen molar-refractivity contribution in [2.45, 2.75) is 13.3 Å². The monoisotopic (exact) mass is 238 g/mol. The van der Waals surface area contributed by atoms with E-state index in [1.807, 2.05) is 19.1 Å². The van der Waals surface area contributed by atoms with E-state index in [2.05, 4.69) is 6.58 Å². The number of alkyl halides is 1. The maximum atomic E-state index is 11.8. The first-order chi connectivity index (χ1) is 7.69. The minimum atomic E-state index is 0.0118. The summed E-state index contributed by atoms with van der Waals surface area (Å²) in [6.45, 7) is 5.91. The summed E-state index contributed by atoms with van der Waals surface area (Å²) in [5.41, 5.74) is 1.63. The van der Waals surface area contributed by atoms with Crippen molar-refractivity contribution < 1.29 is 9.53 Å². The second-order valence-corrected chi connectivity index (χ2v) is 3.84. The van der Waals surface area contributed by atoms with Gasteiger partial charge in [-0.2, -0.15) is 0 Å². The van der Waals surface area contributed by atoms with Gasteiger partial charge in [0.2, 0.25) is 0 Å². The molecule has 0 aliphatic rings. The second kappa shape index (κ2) is 6.33. The van der Waals surface area contributed by atoms with Gasteiger partial charge in [0.05, 0.1) is 5.56 Å². The standard InChI is InChI=1S/C13H15ClO2/c1-3-8-16-13-5-4-10(2)9-11(13)12(15)6-7-14/h3-5,9H,1,6-8H2,2H3. The molecule has 0 saturated carbocycles. The van der Waals surface area contributed by atoms with E-state index in [0.29, 0.717) is 30.2 Å². The fourth-order valence-electron chi connectivity index (χ4n) is 1.36. The summed E-state index contributed by atoms with van der Waals surface area (Å²) in [5, 5.41) is 0. The Balaban J connectivity index is 2.97. The quantitative estimate of drug-likeness (QED) is 0.432. The predicted octanol–water partition coefficient (Wildman–Crippen LogP) is 3.37. The summed E-state index contributed by atoms with van der Waals surface area (Å²) in [4.78, 5) is 11.8. The summed E-state index contributed by atoms with van der Waals surface area (Å²) in [6.07, 6.45) is 1.98. The maximum Gasteiger partial charge on any atom is 0.167 e. The Morgan fingerprint density at radius 1 is 1.56 bits per heavy atom. The largest absolute Gasteiger partial charge is 0.489 e. The van der Waals surface area contributed by atoms with Crippen LogP contribution in [0.15, 0.2) is 30.9 Å². The van der Waals surface area contributed by atoms with Gasteiger partial charge in [-0.05, 0) is 19.1 Å². The highest BCUT2D eigenvalue weighted by molar-refractivity contribution is 6.19. The number of aryl methyl sites for hydroxylation is 1. The maximum absolute atomic E-state index is 11.8. The minimum absolute atomic E-state index is 0.0118. The van der Waals surface area contributed by atoms with Gasteiger partial charge in [-0.3, -0.25) is 4.79 Å². The molecule has 0 bridgehead atoms. The van der Waals surface area contributed by atoms with E-state index in [9.17, 15) is 4.79 Å². The van der Waals surface area contributed by atoms with Crippen LogP contribution >= 0.6 is 11.6 Å². The van der Waals surface area contributed by atoms with E-state index in [-0.39, 0.29) is 5.78 Å². The van der Waals surface area contributed by atoms with E-state index in [4.69, 9.17) is 16.3 Å². The zero-order valence-corrected chi connectivity index (χ0v) is 10.1. The van der Waals surface area contributed by atoms with Gasteiger partial charge < -0.3 is 4.74 Å². The van der Waals surface area contributed by atoms with Gasteiger partial charge in [0.1, 0.15) is 12.4 Å². The Hall–Kier alpha value is -1.28. The molecule has 86 valence electrons. The highest BCUT2D eigenvalue weighted by atomic mass is 35.5. The Morgan fingerprint density at radius 2 is 2.31 bits per heavy atom. The molecule has 0 unspecified atom stereocenters. The van der Waals surface area contributed by atoms with Crippen molar-refractivity contribution >= 4 is 17.4 Å². The average Bonchev–Trinajstić information content (AvgIpc) is 2.27. The SMILES string of the molecule is C=CCOc1ccc(C)cc1C(=O)CCCl. The molecule has 0 fully saturated rings. The van der Waals surface area contributed by atoms with Gasteiger partial charge in [0, 0.05) is 12.3 Å². The van der Waals surface area contributed by atoms with Crippen molar-refractivity contribution in [1.82, 2.24) is 0 Å². The summed E-state index contributed by atoms with van der Waals surface area (Å²) in [6, 6.07) is 5.55. The summed E-state index contributed by atoms with van der Waals surface area (Å²) in [7, 11) is 0. The molecule has 16 heavy (non-hydrogen) atoms.